The number of nitrogen functional groups attached to an aromatic ring is 1. The molecule has 0 amide bonds. The number of hydrogen-bond acceptors (Lipinski definition) is 1. The standard InChI is InChI=1S/C21H22NP/c1-16(2)19-14-9-15-20(21(19)22)23(17-10-5-3-6-11-17)18-12-7-4-8-13-18/h3-16H,22H2,1-2H3. The van der Waals surface area contributed by atoms with Crippen LogP contribution in [-0.2, 0) is 0 Å². The van der Waals surface area contributed by atoms with Crippen LogP contribution in [0.4, 0.5) is 5.69 Å². The molecule has 0 heterocycles. The van der Waals surface area contributed by atoms with Gasteiger partial charge in [0.2, 0.25) is 0 Å². The summed E-state index contributed by atoms with van der Waals surface area (Å²) < 4.78 is 0. The zero-order valence-corrected chi connectivity index (χ0v) is 14.5. The van der Waals surface area contributed by atoms with Gasteiger partial charge in [0.1, 0.15) is 0 Å². The molecule has 3 rings (SSSR count). The summed E-state index contributed by atoms with van der Waals surface area (Å²) in [6.45, 7) is 4.39. The molecule has 3 aromatic rings. The molecule has 116 valence electrons. The summed E-state index contributed by atoms with van der Waals surface area (Å²) >= 11 is 0. The van der Waals surface area contributed by atoms with Gasteiger partial charge in [0.15, 0.2) is 0 Å². The van der Waals surface area contributed by atoms with Crippen LogP contribution in [0.25, 0.3) is 0 Å². The summed E-state index contributed by atoms with van der Waals surface area (Å²) in [6.07, 6.45) is 0. The number of nitrogens with two attached hydrogens (primary N) is 1. The van der Waals surface area contributed by atoms with Gasteiger partial charge in [0.05, 0.1) is 0 Å². The van der Waals surface area contributed by atoms with E-state index < -0.39 is 7.92 Å². The fourth-order valence-electron chi connectivity index (χ4n) is 2.85. The second-order valence-corrected chi connectivity index (χ2v) is 8.13. The average molecular weight is 319 g/mol. The molecule has 0 aromatic heterocycles. The van der Waals surface area contributed by atoms with Crippen LogP contribution in [0.15, 0.2) is 78.9 Å². The van der Waals surface area contributed by atoms with Crippen molar-refractivity contribution in [1.82, 2.24) is 0 Å². The quantitative estimate of drug-likeness (QED) is 0.567. The number of rotatable bonds is 4. The fourth-order valence-corrected chi connectivity index (χ4v) is 5.25. The highest BCUT2D eigenvalue weighted by Crippen LogP contribution is 2.36. The van der Waals surface area contributed by atoms with Crippen LogP contribution in [0.1, 0.15) is 25.3 Å². The molecular formula is C21H22NP. The summed E-state index contributed by atoms with van der Waals surface area (Å²) in [5.74, 6) is 0.429. The monoisotopic (exact) mass is 319 g/mol. The Hall–Kier alpha value is -2.11. The van der Waals surface area contributed by atoms with Gasteiger partial charge in [-0.1, -0.05) is 92.7 Å². The smallest absolute Gasteiger partial charge is 0.0434 e. The Morgan fingerprint density at radius 3 is 1.70 bits per heavy atom. The number of anilines is 1. The first-order chi connectivity index (χ1) is 11.2. The Morgan fingerprint density at radius 2 is 1.22 bits per heavy atom. The molecule has 0 saturated carbocycles. The number of benzene rings is 3. The van der Waals surface area contributed by atoms with Gasteiger partial charge in [0, 0.05) is 11.0 Å². The molecule has 23 heavy (non-hydrogen) atoms. The van der Waals surface area contributed by atoms with E-state index in [1.165, 1.54) is 21.5 Å². The molecule has 0 aliphatic carbocycles. The summed E-state index contributed by atoms with van der Waals surface area (Å²) in [7, 11) is -0.633. The van der Waals surface area contributed by atoms with Gasteiger partial charge >= 0.3 is 0 Å². The minimum absolute atomic E-state index is 0.429. The van der Waals surface area contributed by atoms with Crippen molar-refractivity contribution >= 4 is 29.5 Å². The van der Waals surface area contributed by atoms with Crippen molar-refractivity contribution in [3.8, 4) is 0 Å². The van der Waals surface area contributed by atoms with Crippen LogP contribution in [0.5, 0.6) is 0 Å². The third kappa shape index (κ3) is 3.30. The van der Waals surface area contributed by atoms with Crippen molar-refractivity contribution in [2.24, 2.45) is 0 Å². The highest BCUT2D eigenvalue weighted by Gasteiger charge is 2.20. The second kappa shape index (κ2) is 6.98. The predicted molar refractivity (Wildman–Crippen MR) is 104 cm³/mol. The van der Waals surface area contributed by atoms with Crippen molar-refractivity contribution in [3.05, 3.63) is 84.4 Å². The van der Waals surface area contributed by atoms with Crippen molar-refractivity contribution in [2.75, 3.05) is 5.73 Å². The maximum absolute atomic E-state index is 6.58. The molecule has 0 aliphatic rings. The zero-order valence-electron chi connectivity index (χ0n) is 13.6. The number of para-hydroxylation sites is 1. The van der Waals surface area contributed by atoms with Gasteiger partial charge < -0.3 is 5.73 Å². The van der Waals surface area contributed by atoms with Crippen LogP contribution in [0.2, 0.25) is 0 Å². The SMILES string of the molecule is CC(C)c1cccc(P(c2ccccc2)c2ccccc2)c1N. The minimum atomic E-state index is -0.633. The first-order valence-electron chi connectivity index (χ1n) is 7.97. The van der Waals surface area contributed by atoms with E-state index in [1.54, 1.807) is 0 Å². The van der Waals surface area contributed by atoms with E-state index in [2.05, 4.69) is 92.7 Å². The normalized spacial score (nSPS) is 11.1. The molecule has 0 radical (unpaired) electrons. The van der Waals surface area contributed by atoms with E-state index in [0.29, 0.717) is 5.92 Å². The van der Waals surface area contributed by atoms with Crippen LogP contribution in [0, 0.1) is 0 Å². The van der Waals surface area contributed by atoms with Crippen molar-refractivity contribution in [2.45, 2.75) is 19.8 Å². The Balaban J connectivity index is 2.20. The van der Waals surface area contributed by atoms with Gasteiger partial charge in [-0.25, -0.2) is 0 Å². The van der Waals surface area contributed by atoms with E-state index in [9.17, 15) is 0 Å². The zero-order chi connectivity index (χ0) is 16.2. The Bertz CT molecular complexity index is 727. The van der Waals surface area contributed by atoms with Crippen LogP contribution >= 0.6 is 7.92 Å². The largest absolute Gasteiger partial charge is 0.398 e. The van der Waals surface area contributed by atoms with Crippen LogP contribution in [-0.4, -0.2) is 0 Å². The van der Waals surface area contributed by atoms with Crippen LogP contribution < -0.4 is 21.6 Å². The van der Waals surface area contributed by atoms with E-state index in [-0.39, 0.29) is 0 Å². The molecule has 2 heteroatoms. The van der Waals surface area contributed by atoms with E-state index in [4.69, 9.17) is 5.73 Å². The van der Waals surface area contributed by atoms with Crippen molar-refractivity contribution in [3.63, 3.8) is 0 Å². The summed E-state index contributed by atoms with van der Waals surface area (Å²) in [4.78, 5) is 0. The van der Waals surface area contributed by atoms with E-state index in [0.717, 1.165) is 5.69 Å². The van der Waals surface area contributed by atoms with Crippen molar-refractivity contribution < 1.29 is 0 Å². The lowest BCUT2D eigenvalue weighted by Crippen LogP contribution is -2.23. The van der Waals surface area contributed by atoms with E-state index in [1.807, 2.05) is 0 Å². The van der Waals surface area contributed by atoms with Gasteiger partial charge in [-0.15, -0.1) is 0 Å². The molecule has 0 unspecified atom stereocenters. The second-order valence-electron chi connectivity index (χ2n) is 5.94. The third-order valence-electron chi connectivity index (χ3n) is 4.01. The fraction of sp³-hybridized carbons (Fsp3) is 0.143. The summed E-state index contributed by atoms with van der Waals surface area (Å²) in [5, 5.41) is 3.92. The summed E-state index contributed by atoms with van der Waals surface area (Å²) in [6, 6.07) is 27.9. The molecule has 0 spiro atoms. The lowest BCUT2D eigenvalue weighted by atomic mass is 10.0. The molecule has 2 N–H and O–H groups in total. The first kappa shape index (κ1) is 15.8. The highest BCUT2D eigenvalue weighted by molar-refractivity contribution is 7.80. The lowest BCUT2D eigenvalue weighted by molar-refractivity contribution is 0.871. The topological polar surface area (TPSA) is 26.0 Å². The average Bonchev–Trinajstić information content (AvgIpc) is 2.58. The summed E-state index contributed by atoms with van der Waals surface area (Å²) in [5.41, 5.74) is 8.76. The molecule has 0 aliphatic heterocycles. The van der Waals surface area contributed by atoms with Gasteiger partial charge in [-0.3, -0.25) is 0 Å². The van der Waals surface area contributed by atoms with Crippen LogP contribution in [0.3, 0.4) is 0 Å². The Kier molecular flexibility index (Phi) is 4.79. The molecular weight excluding hydrogens is 297 g/mol. The molecule has 3 aromatic carbocycles. The van der Waals surface area contributed by atoms with Crippen molar-refractivity contribution in [1.29, 1.82) is 0 Å². The minimum Gasteiger partial charge on any atom is -0.398 e. The molecule has 0 fully saturated rings. The molecule has 0 saturated heterocycles. The maximum Gasteiger partial charge on any atom is 0.0434 e. The third-order valence-corrected chi connectivity index (χ3v) is 6.51. The Labute approximate surface area is 139 Å². The first-order valence-corrected chi connectivity index (χ1v) is 9.31. The molecule has 1 nitrogen and oxygen atoms in total. The van der Waals surface area contributed by atoms with E-state index >= 15 is 0 Å². The highest BCUT2D eigenvalue weighted by atomic mass is 31.1. The molecule has 0 atom stereocenters. The van der Waals surface area contributed by atoms with Gasteiger partial charge in [-0.05, 0) is 30.0 Å². The van der Waals surface area contributed by atoms with Gasteiger partial charge in [0.25, 0.3) is 0 Å². The number of hydrogen-bond donors (Lipinski definition) is 1. The Morgan fingerprint density at radius 1 is 0.696 bits per heavy atom. The maximum atomic E-state index is 6.58. The lowest BCUT2D eigenvalue weighted by Gasteiger charge is -2.23. The predicted octanol–water partition coefficient (Wildman–Crippen LogP) is 4.15. The molecule has 0 bridgehead atoms. The van der Waals surface area contributed by atoms with Gasteiger partial charge in [-0.2, -0.15) is 0 Å².